The minimum atomic E-state index is -3.47. The molecule has 0 saturated carbocycles. The van der Waals surface area contributed by atoms with Crippen LogP contribution in [0.4, 0.5) is 0 Å². The van der Waals surface area contributed by atoms with Crippen molar-refractivity contribution in [3.05, 3.63) is 65.7 Å². The van der Waals surface area contributed by atoms with Crippen LogP contribution in [0.3, 0.4) is 0 Å². The predicted octanol–water partition coefficient (Wildman–Crippen LogP) is 2.34. The first-order valence-corrected chi connectivity index (χ1v) is 10.8. The number of hydrogen-bond donors (Lipinski definition) is 2. The largest absolute Gasteiger partial charge is 0.353 e. The van der Waals surface area contributed by atoms with E-state index in [0.717, 1.165) is 5.56 Å². The van der Waals surface area contributed by atoms with E-state index in [9.17, 15) is 18.0 Å². The summed E-state index contributed by atoms with van der Waals surface area (Å²) in [6, 6.07) is 14.4. The lowest BCUT2D eigenvalue weighted by Gasteiger charge is -2.22. The second-order valence-corrected chi connectivity index (χ2v) is 9.09. The van der Waals surface area contributed by atoms with Crippen molar-refractivity contribution in [3.63, 3.8) is 0 Å². The molecule has 2 amide bonds. The van der Waals surface area contributed by atoms with Crippen LogP contribution in [0, 0.1) is 12.8 Å². The van der Waals surface area contributed by atoms with Gasteiger partial charge >= 0.3 is 0 Å². The van der Waals surface area contributed by atoms with E-state index in [1.807, 2.05) is 32.9 Å². The number of benzene rings is 2. The molecule has 2 aromatic rings. The Morgan fingerprint density at radius 3 is 2.14 bits per heavy atom. The number of hydrogen-bond acceptors (Lipinski definition) is 4. The molecular formula is C21H26N2O4S. The van der Waals surface area contributed by atoms with Crippen LogP contribution >= 0.6 is 0 Å². The fourth-order valence-electron chi connectivity index (χ4n) is 2.63. The Morgan fingerprint density at radius 2 is 1.57 bits per heavy atom. The van der Waals surface area contributed by atoms with Gasteiger partial charge in [0.05, 0.1) is 10.6 Å². The first kappa shape index (κ1) is 21.6. The van der Waals surface area contributed by atoms with Crippen LogP contribution in [0.2, 0.25) is 0 Å². The van der Waals surface area contributed by atoms with Gasteiger partial charge < -0.3 is 10.6 Å². The Bertz CT molecular complexity index is 907. The molecule has 1 atom stereocenters. The number of carbonyl (C=O) groups excluding carboxylic acids is 2. The van der Waals surface area contributed by atoms with Gasteiger partial charge in [-0.1, -0.05) is 49.7 Å². The number of nitrogens with one attached hydrogen (secondary N) is 2. The standard InChI is InChI=1S/C21H26N2O4S/c1-15(2)19(23-20(24)17-11-9-16(3)10-12-17)21(25)22-13-14-28(26,27)18-7-5-4-6-8-18/h4-12,15,19H,13-14H2,1-3H3,(H,22,25)(H,23,24). The second-order valence-electron chi connectivity index (χ2n) is 6.98. The van der Waals surface area contributed by atoms with Gasteiger partial charge in [-0.3, -0.25) is 9.59 Å². The van der Waals surface area contributed by atoms with E-state index < -0.39 is 21.8 Å². The smallest absolute Gasteiger partial charge is 0.251 e. The quantitative estimate of drug-likeness (QED) is 0.709. The van der Waals surface area contributed by atoms with Crippen molar-refractivity contribution in [2.45, 2.75) is 31.7 Å². The summed E-state index contributed by atoms with van der Waals surface area (Å²) in [6.45, 7) is 5.54. The zero-order valence-electron chi connectivity index (χ0n) is 16.3. The molecule has 2 rings (SSSR count). The molecule has 0 bridgehead atoms. The molecule has 1 unspecified atom stereocenters. The van der Waals surface area contributed by atoms with Crippen LogP contribution in [0.1, 0.15) is 29.8 Å². The first-order chi connectivity index (χ1) is 13.2. The number of rotatable bonds is 8. The molecule has 0 heterocycles. The van der Waals surface area contributed by atoms with Gasteiger partial charge in [-0.05, 0) is 37.1 Å². The van der Waals surface area contributed by atoms with Gasteiger partial charge in [-0.15, -0.1) is 0 Å². The minimum Gasteiger partial charge on any atom is -0.353 e. The van der Waals surface area contributed by atoms with Crippen molar-refractivity contribution >= 4 is 21.7 Å². The molecule has 0 spiro atoms. The highest BCUT2D eigenvalue weighted by molar-refractivity contribution is 7.91. The van der Waals surface area contributed by atoms with Gasteiger partial charge in [0.2, 0.25) is 5.91 Å². The maximum absolute atomic E-state index is 12.5. The molecule has 0 saturated heterocycles. The topological polar surface area (TPSA) is 92.3 Å². The molecular weight excluding hydrogens is 376 g/mol. The molecule has 0 fully saturated rings. The lowest BCUT2D eigenvalue weighted by atomic mass is 10.0. The van der Waals surface area contributed by atoms with E-state index >= 15 is 0 Å². The summed E-state index contributed by atoms with van der Waals surface area (Å²) >= 11 is 0. The zero-order chi connectivity index (χ0) is 20.7. The average Bonchev–Trinajstić information content (AvgIpc) is 2.66. The summed E-state index contributed by atoms with van der Waals surface area (Å²) in [7, 11) is -3.47. The lowest BCUT2D eigenvalue weighted by Crippen LogP contribution is -2.50. The van der Waals surface area contributed by atoms with Gasteiger partial charge in [0.25, 0.3) is 5.91 Å². The van der Waals surface area contributed by atoms with E-state index in [1.165, 1.54) is 12.1 Å². The summed E-state index contributed by atoms with van der Waals surface area (Å²) in [4.78, 5) is 25.1. The molecule has 2 N–H and O–H groups in total. The number of carbonyl (C=O) groups is 2. The van der Waals surface area contributed by atoms with Crippen molar-refractivity contribution in [2.75, 3.05) is 12.3 Å². The highest BCUT2D eigenvalue weighted by Crippen LogP contribution is 2.10. The van der Waals surface area contributed by atoms with Crippen molar-refractivity contribution in [1.82, 2.24) is 10.6 Å². The Labute approximate surface area is 166 Å². The third-order valence-corrected chi connectivity index (χ3v) is 6.05. The maximum Gasteiger partial charge on any atom is 0.251 e. The lowest BCUT2D eigenvalue weighted by molar-refractivity contribution is -0.123. The van der Waals surface area contributed by atoms with E-state index in [0.29, 0.717) is 5.56 Å². The Balaban J connectivity index is 1.95. The van der Waals surface area contributed by atoms with Crippen molar-refractivity contribution in [1.29, 1.82) is 0 Å². The third kappa shape index (κ3) is 5.92. The summed E-state index contributed by atoms with van der Waals surface area (Å²) in [5, 5.41) is 5.35. The van der Waals surface area contributed by atoms with Crippen LogP contribution in [0.25, 0.3) is 0 Å². The van der Waals surface area contributed by atoms with Crippen molar-refractivity contribution in [3.8, 4) is 0 Å². The minimum absolute atomic E-state index is 0.0281. The SMILES string of the molecule is Cc1ccc(C(=O)NC(C(=O)NCCS(=O)(=O)c2ccccc2)C(C)C)cc1. The summed E-state index contributed by atoms with van der Waals surface area (Å²) < 4.78 is 24.6. The Morgan fingerprint density at radius 1 is 0.964 bits per heavy atom. The van der Waals surface area contributed by atoms with Crippen LogP contribution in [-0.4, -0.2) is 38.6 Å². The molecule has 0 aliphatic heterocycles. The van der Waals surface area contributed by atoms with E-state index in [-0.39, 0.29) is 29.0 Å². The molecule has 0 radical (unpaired) electrons. The van der Waals surface area contributed by atoms with E-state index in [4.69, 9.17) is 0 Å². The van der Waals surface area contributed by atoms with E-state index in [1.54, 1.807) is 30.3 Å². The monoisotopic (exact) mass is 402 g/mol. The summed E-state index contributed by atoms with van der Waals surface area (Å²) in [5.74, 6) is -1.11. The maximum atomic E-state index is 12.5. The van der Waals surface area contributed by atoms with Gasteiger partial charge in [0.15, 0.2) is 9.84 Å². The summed E-state index contributed by atoms with van der Waals surface area (Å²) in [5.41, 5.74) is 1.50. The zero-order valence-corrected chi connectivity index (χ0v) is 17.1. The molecule has 0 aliphatic carbocycles. The first-order valence-electron chi connectivity index (χ1n) is 9.14. The molecule has 0 aromatic heterocycles. The Kier molecular flexibility index (Phi) is 7.34. The molecule has 0 aliphatic rings. The number of sulfone groups is 1. The van der Waals surface area contributed by atoms with Gasteiger partial charge in [-0.25, -0.2) is 8.42 Å². The van der Waals surface area contributed by atoms with Crippen LogP contribution < -0.4 is 10.6 Å². The van der Waals surface area contributed by atoms with Gasteiger partial charge in [-0.2, -0.15) is 0 Å². The fourth-order valence-corrected chi connectivity index (χ4v) is 3.81. The van der Waals surface area contributed by atoms with Crippen LogP contribution in [0.5, 0.6) is 0 Å². The normalized spacial score (nSPS) is 12.4. The molecule has 7 heteroatoms. The van der Waals surface area contributed by atoms with E-state index in [2.05, 4.69) is 10.6 Å². The molecule has 2 aromatic carbocycles. The Hall–Kier alpha value is -2.67. The molecule has 150 valence electrons. The van der Waals surface area contributed by atoms with Gasteiger partial charge in [0.1, 0.15) is 6.04 Å². The van der Waals surface area contributed by atoms with Crippen molar-refractivity contribution in [2.24, 2.45) is 5.92 Å². The number of amides is 2. The predicted molar refractivity (Wildman–Crippen MR) is 109 cm³/mol. The van der Waals surface area contributed by atoms with Crippen LogP contribution in [-0.2, 0) is 14.6 Å². The molecule has 6 nitrogen and oxygen atoms in total. The van der Waals surface area contributed by atoms with Crippen LogP contribution in [0.15, 0.2) is 59.5 Å². The second kappa shape index (κ2) is 9.50. The highest BCUT2D eigenvalue weighted by atomic mass is 32.2. The molecule has 28 heavy (non-hydrogen) atoms. The highest BCUT2D eigenvalue weighted by Gasteiger charge is 2.25. The third-order valence-electron chi connectivity index (χ3n) is 4.32. The van der Waals surface area contributed by atoms with Gasteiger partial charge in [0, 0.05) is 12.1 Å². The fraction of sp³-hybridized carbons (Fsp3) is 0.333. The van der Waals surface area contributed by atoms with Crippen molar-refractivity contribution < 1.29 is 18.0 Å². The average molecular weight is 403 g/mol. The summed E-state index contributed by atoms with van der Waals surface area (Å²) in [6.07, 6.45) is 0. The number of aryl methyl sites for hydroxylation is 1.